The molecule has 0 aliphatic heterocycles. The SMILES string of the molecule is COc1ccc(C)cc1Nc1nc(C(=O)Nc2ccc(F)c(F)c2)cs1. The summed E-state index contributed by atoms with van der Waals surface area (Å²) in [4.78, 5) is 16.4. The molecule has 0 bridgehead atoms. The maximum absolute atomic E-state index is 13.2. The molecular weight excluding hydrogens is 360 g/mol. The molecule has 0 saturated carbocycles. The predicted octanol–water partition coefficient (Wildman–Crippen LogP) is 4.73. The van der Waals surface area contributed by atoms with Gasteiger partial charge in [-0.15, -0.1) is 11.3 Å². The fourth-order valence-electron chi connectivity index (χ4n) is 2.24. The number of anilines is 3. The average molecular weight is 375 g/mol. The third-order valence-electron chi connectivity index (χ3n) is 3.51. The zero-order chi connectivity index (χ0) is 18.7. The molecule has 0 radical (unpaired) electrons. The van der Waals surface area contributed by atoms with Gasteiger partial charge in [0.15, 0.2) is 16.8 Å². The second-order valence-electron chi connectivity index (χ2n) is 5.45. The number of hydrogen-bond donors (Lipinski definition) is 2. The molecule has 3 rings (SSSR count). The predicted molar refractivity (Wildman–Crippen MR) is 97.4 cm³/mol. The number of carbonyl (C=O) groups excluding carboxylic acids is 1. The molecule has 1 heterocycles. The van der Waals surface area contributed by atoms with Crippen LogP contribution >= 0.6 is 11.3 Å². The first-order valence-electron chi connectivity index (χ1n) is 7.60. The summed E-state index contributed by atoms with van der Waals surface area (Å²) in [6.07, 6.45) is 0. The van der Waals surface area contributed by atoms with Crippen LogP contribution < -0.4 is 15.4 Å². The van der Waals surface area contributed by atoms with Gasteiger partial charge in [0.05, 0.1) is 12.8 Å². The largest absolute Gasteiger partial charge is 0.495 e. The summed E-state index contributed by atoms with van der Waals surface area (Å²) in [5.74, 6) is -1.87. The normalized spacial score (nSPS) is 10.5. The lowest BCUT2D eigenvalue weighted by atomic mass is 10.2. The van der Waals surface area contributed by atoms with Crippen molar-refractivity contribution in [3.63, 3.8) is 0 Å². The number of aryl methyl sites for hydroxylation is 1. The van der Waals surface area contributed by atoms with Crippen LogP contribution in [0.2, 0.25) is 0 Å². The Morgan fingerprint density at radius 2 is 1.96 bits per heavy atom. The van der Waals surface area contributed by atoms with Gasteiger partial charge < -0.3 is 15.4 Å². The third kappa shape index (κ3) is 3.97. The van der Waals surface area contributed by atoms with Crippen molar-refractivity contribution in [1.29, 1.82) is 0 Å². The number of carbonyl (C=O) groups is 1. The van der Waals surface area contributed by atoms with E-state index in [1.54, 1.807) is 12.5 Å². The van der Waals surface area contributed by atoms with Crippen LogP contribution in [0.5, 0.6) is 5.75 Å². The van der Waals surface area contributed by atoms with Gasteiger partial charge in [0, 0.05) is 17.1 Å². The number of hydrogen-bond acceptors (Lipinski definition) is 5. The van der Waals surface area contributed by atoms with Crippen molar-refractivity contribution in [2.45, 2.75) is 6.92 Å². The van der Waals surface area contributed by atoms with Crippen molar-refractivity contribution in [2.24, 2.45) is 0 Å². The highest BCUT2D eigenvalue weighted by molar-refractivity contribution is 7.14. The Hall–Kier alpha value is -3.00. The number of methoxy groups -OCH3 is 1. The van der Waals surface area contributed by atoms with Crippen LogP contribution in [0, 0.1) is 18.6 Å². The standard InChI is InChI=1S/C18H15F2N3O2S/c1-10-3-6-16(25-2)14(7-10)22-18-23-15(9-26-18)17(24)21-11-4-5-12(19)13(20)8-11/h3-9H,1-2H3,(H,21,24)(H,22,23). The van der Waals surface area contributed by atoms with Crippen molar-refractivity contribution in [2.75, 3.05) is 17.7 Å². The highest BCUT2D eigenvalue weighted by atomic mass is 32.1. The Labute approximate surface area is 152 Å². The van der Waals surface area contributed by atoms with Gasteiger partial charge in [0.2, 0.25) is 0 Å². The first kappa shape index (κ1) is 17.8. The number of amides is 1. The van der Waals surface area contributed by atoms with Crippen molar-refractivity contribution in [1.82, 2.24) is 4.98 Å². The van der Waals surface area contributed by atoms with E-state index in [-0.39, 0.29) is 11.4 Å². The number of nitrogens with zero attached hydrogens (tertiary/aromatic N) is 1. The fraction of sp³-hybridized carbons (Fsp3) is 0.111. The van der Waals surface area contributed by atoms with E-state index in [2.05, 4.69) is 15.6 Å². The highest BCUT2D eigenvalue weighted by Gasteiger charge is 2.13. The molecule has 0 aliphatic rings. The molecule has 0 aliphatic carbocycles. The molecule has 8 heteroatoms. The van der Waals surface area contributed by atoms with Crippen LogP contribution in [0.25, 0.3) is 0 Å². The molecule has 2 N–H and O–H groups in total. The molecule has 0 spiro atoms. The van der Waals surface area contributed by atoms with Gasteiger partial charge in [-0.2, -0.15) is 0 Å². The zero-order valence-electron chi connectivity index (χ0n) is 14.0. The molecule has 2 aromatic carbocycles. The summed E-state index contributed by atoms with van der Waals surface area (Å²) in [5.41, 5.74) is 2.08. The highest BCUT2D eigenvalue weighted by Crippen LogP contribution is 2.30. The molecule has 0 fully saturated rings. The molecule has 3 aromatic rings. The topological polar surface area (TPSA) is 63.2 Å². The minimum Gasteiger partial charge on any atom is -0.495 e. The molecule has 0 atom stereocenters. The monoisotopic (exact) mass is 375 g/mol. The lowest BCUT2D eigenvalue weighted by Gasteiger charge is -2.09. The summed E-state index contributed by atoms with van der Waals surface area (Å²) in [5, 5.41) is 7.67. The lowest BCUT2D eigenvalue weighted by molar-refractivity contribution is 0.102. The number of nitrogens with one attached hydrogen (secondary N) is 2. The zero-order valence-corrected chi connectivity index (χ0v) is 14.8. The number of aromatic nitrogens is 1. The molecular formula is C18H15F2N3O2S. The van der Waals surface area contributed by atoms with Gasteiger partial charge in [0.25, 0.3) is 5.91 Å². The quantitative estimate of drug-likeness (QED) is 0.676. The second kappa shape index (κ2) is 7.49. The van der Waals surface area contributed by atoms with Crippen LogP contribution in [0.4, 0.5) is 25.3 Å². The Bertz CT molecular complexity index is 959. The number of rotatable bonds is 5. The number of thiazole rings is 1. The first-order chi connectivity index (χ1) is 12.5. The molecule has 1 amide bonds. The van der Waals surface area contributed by atoms with Gasteiger partial charge in [-0.05, 0) is 36.8 Å². The number of ether oxygens (including phenoxy) is 1. The van der Waals surface area contributed by atoms with Gasteiger partial charge in [-0.3, -0.25) is 4.79 Å². The minimum atomic E-state index is -1.03. The van der Waals surface area contributed by atoms with Crippen LogP contribution in [0.1, 0.15) is 16.1 Å². The van der Waals surface area contributed by atoms with Crippen molar-refractivity contribution in [3.05, 3.63) is 64.7 Å². The molecule has 1 aromatic heterocycles. The number of halogens is 2. The lowest BCUT2D eigenvalue weighted by Crippen LogP contribution is -2.12. The smallest absolute Gasteiger partial charge is 0.275 e. The molecule has 0 unspecified atom stereocenters. The van der Waals surface area contributed by atoms with E-state index in [1.165, 1.54) is 17.4 Å². The average Bonchev–Trinajstić information content (AvgIpc) is 3.07. The van der Waals surface area contributed by atoms with Crippen LogP contribution in [0.15, 0.2) is 41.8 Å². The van der Waals surface area contributed by atoms with Crippen LogP contribution in [-0.4, -0.2) is 18.0 Å². The van der Waals surface area contributed by atoms with Gasteiger partial charge in [-0.1, -0.05) is 6.07 Å². The van der Waals surface area contributed by atoms with E-state index in [0.717, 1.165) is 23.4 Å². The molecule has 5 nitrogen and oxygen atoms in total. The summed E-state index contributed by atoms with van der Waals surface area (Å²) in [6.45, 7) is 1.95. The maximum atomic E-state index is 13.2. The second-order valence-corrected chi connectivity index (χ2v) is 6.31. The Morgan fingerprint density at radius 1 is 1.15 bits per heavy atom. The van der Waals surface area contributed by atoms with Gasteiger partial charge in [-0.25, -0.2) is 13.8 Å². The van der Waals surface area contributed by atoms with Crippen molar-refractivity contribution < 1.29 is 18.3 Å². The Balaban J connectivity index is 1.74. The maximum Gasteiger partial charge on any atom is 0.275 e. The van der Waals surface area contributed by atoms with Crippen molar-refractivity contribution >= 4 is 33.8 Å². The molecule has 26 heavy (non-hydrogen) atoms. The Morgan fingerprint density at radius 3 is 2.69 bits per heavy atom. The fourth-order valence-corrected chi connectivity index (χ4v) is 2.94. The summed E-state index contributed by atoms with van der Waals surface area (Å²) < 4.78 is 31.5. The molecule has 0 saturated heterocycles. The van der Waals surface area contributed by atoms with Gasteiger partial charge >= 0.3 is 0 Å². The Kier molecular flexibility index (Phi) is 5.13. The van der Waals surface area contributed by atoms with Gasteiger partial charge in [0.1, 0.15) is 11.4 Å². The first-order valence-corrected chi connectivity index (χ1v) is 8.48. The van der Waals surface area contributed by atoms with E-state index in [0.29, 0.717) is 10.9 Å². The minimum absolute atomic E-state index is 0.150. The number of benzene rings is 2. The van der Waals surface area contributed by atoms with E-state index in [9.17, 15) is 13.6 Å². The summed E-state index contributed by atoms with van der Waals surface area (Å²) in [7, 11) is 1.57. The summed E-state index contributed by atoms with van der Waals surface area (Å²) >= 11 is 1.24. The summed E-state index contributed by atoms with van der Waals surface area (Å²) in [6, 6.07) is 8.80. The third-order valence-corrected chi connectivity index (χ3v) is 4.27. The van der Waals surface area contributed by atoms with Crippen molar-refractivity contribution in [3.8, 4) is 5.75 Å². The van der Waals surface area contributed by atoms with E-state index in [1.807, 2.05) is 25.1 Å². The van der Waals surface area contributed by atoms with E-state index in [4.69, 9.17) is 4.74 Å². The molecule has 134 valence electrons. The van der Waals surface area contributed by atoms with E-state index >= 15 is 0 Å². The van der Waals surface area contributed by atoms with Crippen LogP contribution in [-0.2, 0) is 0 Å². The van der Waals surface area contributed by atoms with Crippen LogP contribution in [0.3, 0.4) is 0 Å². The van der Waals surface area contributed by atoms with E-state index < -0.39 is 17.5 Å².